The summed E-state index contributed by atoms with van der Waals surface area (Å²) in [6, 6.07) is 14.8. The van der Waals surface area contributed by atoms with Crippen LogP contribution in [0.15, 0.2) is 42.5 Å². The number of likely N-dealkylation sites (N-methyl/N-ethyl adjacent to an activating group) is 1. The zero-order valence-corrected chi connectivity index (χ0v) is 16.3. The van der Waals surface area contributed by atoms with E-state index in [1.807, 2.05) is 26.0 Å². The summed E-state index contributed by atoms with van der Waals surface area (Å²) in [6.07, 6.45) is 0. The zero-order valence-electron chi connectivity index (χ0n) is 16.3. The third kappa shape index (κ3) is 4.03. The van der Waals surface area contributed by atoms with Gasteiger partial charge in [0, 0.05) is 42.9 Å². The fraction of sp³-hybridized carbons (Fsp3) is 0.364. The number of hydrogen-bond acceptors (Lipinski definition) is 5. The first kappa shape index (κ1) is 17.7. The minimum absolute atomic E-state index is 0.451. The molecule has 1 fully saturated rings. The van der Waals surface area contributed by atoms with E-state index in [0.29, 0.717) is 6.61 Å². The van der Waals surface area contributed by atoms with E-state index in [9.17, 15) is 0 Å². The number of rotatable bonds is 4. The molecule has 0 atom stereocenters. The molecule has 5 heteroatoms. The van der Waals surface area contributed by atoms with Crippen LogP contribution < -0.4 is 9.64 Å². The number of aryl methyl sites for hydroxylation is 2. The Kier molecular flexibility index (Phi) is 4.94. The Morgan fingerprint density at radius 2 is 1.78 bits per heavy atom. The highest BCUT2D eigenvalue weighted by molar-refractivity contribution is 5.95. The molecule has 3 aromatic rings. The molecule has 2 aromatic carbocycles. The molecule has 4 rings (SSSR count). The maximum Gasteiger partial charge on any atom is 0.130 e. The van der Waals surface area contributed by atoms with Crippen LogP contribution in [0.25, 0.3) is 10.8 Å². The second-order valence-electron chi connectivity index (χ2n) is 7.29. The zero-order chi connectivity index (χ0) is 18.8. The van der Waals surface area contributed by atoms with E-state index in [0.717, 1.165) is 49.1 Å². The van der Waals surface area contributed by atoms with Gasteiger partial charge in [0.1, 0.15) is 18.2 Å². The lowest BCUT2D eigenvalue weighted by Crippen LogP contribution is -2.44. The van der Waals surface area contributed by atoms with Crippen LogP contribution in [0.4, 0.5) is 5.69 Å². The number of nitrogens with zero attached hydrogens (tertiary/aromatic N) is 4. The molecule has 5 nitrogen and oxygen atoms in total. The number of fused-ring (bicyclic) bond motifs is 1. The molecule has 1 aliphatic rings. The van der Waals surface area contributed by atoms with Crippen LogP contribution in [0, 0.1) is 13.8 Å². The lowest BCUT2D eigenvalue weighted by molar-refractivity contribution is 0.301. The second-order valence-corrected chi connectivity index (χ2v) is 7.29. The predicted octanol–water partition coefficient (Wildman–Crippen LogP) is 3.58. The molecule has 0 saturated carbocycles. The van der Waals surface area contributed by atoms with Gasteiger partial charge in [-0.3, -0.25) is 0 Å². The van der Waals surface area contributed by atoms with E-state index >= 15 is 0 Å². The van der Waals surface area contributed by atoms with Gasteiger partial charge < -0.3 is 14.5 Å². The van der Waals surface area contributed by atoms with Crippen LogP contribution in [0.3, 0.4) is 0 Å². The van der Waals surface area contributed by atoms with E-state index < -0.39 is 0 Å². The molecular weight excluding hydrogens is 336 g/mol. The van der Waals surface area contributed by atoms with Gasteiger partial charge in [0.05, 0.1) is 5.69 Å². The molecule has 0 N–H and O–H groups in total. The minimum Gasteiger partial charge on any atom is -0.487 e. The monoisotopic (exact) mass is 362 g/mol. The average molecular weight is 362 g/mol. The normalized spacial score (nSPS) is 15.3. The molecule has 27 heavy (non-hydrogen) atoms. The van der Waals surface area contributed by atoms with Crippen molar-refractivity contribution < 1.29 is 4.74 Å². The molecular formula is C22H26N4O. The lowest BCUT2D eigenvalue weighted by atomic mass is 10.1. The molecule has 0 radical (unpaired) electrons. The summed E-state index contributed by atoms with van der Waals surface area (Å²) in [6.45, 7) is 8.65. The third-order valence-corrected chi connectivity index (χ3v) is 5.08. The fourth-order valence-corrected chi connectivity index (χ4v) is 3.67. The molecule has 0 amide bonds. The topological polar surface area (TPSA) is 41.5 Å². The van der Waals surface area contributed by atoms with Crippen LogP contribution >= 0.6 is 0 Å². The highest BCUT2D eigenvalue weighted by Crippen LogP contribution is 2.31. The molecule has 0 spiro atoms. The second kappa shape index (κ2) is 7.53. The van der Waals surface area contributed by atoms with Gasteiger partial charge in [0.25, 0.3) is 0 Å². The summed E-state index contributed by atoms with van der Waals surface area (Å²) in [7, 11) is 2.18. The Hall–Kier alpha value is -2.66. The fourth-order valence-electron chi connectivity index (χ4n) is 3.67. The average Bonchev–Trinajstić information content (AvgIpc) is 2.66. The first-order valence-electron chi connectivity index (χ1n) is 9.49. The summed E-state index contributed by atoms with van der Waals surface area (Å²) in [5.74, 6) is 1.66. The van der Waals surface area contributed by atoms with E-state index in [1.54, 1.807) is 0 Å². The van der Waals surface area contributed by atoms with Crippen LogP contribution in [0.2, 0.25) is 0 Å². The van der Waals surface area contributed by atoms with Crippen molar-refractivity contribution in [2.45, 2.75) is 20.5 Å². The lowest BCUT2D eigenvalue weighted by Gasteiger charge is -2.34. The Balaban J connectivity index is 1.58. The van der Waals surface area contributed by atoms with Crippen molar-refractivity contribution in [3.63, 3.8) is 0 Å². The van der Waals surface area contributed by atoms with Crippen molar-refractivity contribution in [3.8, 4) is 5.75 Å². The summed E-state index contributed by atoms with van der Waals surface area (Å²) in [5.41, 5.74) is 3.17. The Morgan fingerprint density at radius 3 is 2.56 bits per heavy atom. The maximum atomic E-state index is 6.05. The van der Waals surface area contributed by atoms with E-state index in [1.165, 1.54) is 16.5 Å². The van der Waals surface area contributed by atoms with Gasteiger partial charge in [-0.05, 0) is 50.5 Å². The molecule has 0 bridgehead atoms. The Morgan fingerprint density at radius 1 is 0.963 bits per heavy atom. The van der Waals surface area contributed by atoms with Gasteiger partial charge in [0.15, 0.2) is 0 Å². The number of hydrogen-bond donors (Lipinski definition) is 0. The highest BCUT2D eigenvalue weighted by atomic mass is 16.5. The van der Waals surface area contributed by atoms with Gasteiger partial charge in [-0.25, -0.2) is 9.97 Å². The van der Waals surface area contributed by atoms with Crippen LogP contribution in [-0.4, -0.2) is 48.1 Å². The standard InChI is InChI=1S/C22H26N4O/c1-16-13-19(24-17(2)23-16)15-27-20-8-7-18-5-4-6-22(21(18)14-20)26-11-9-25(3)10-12-26/h4-8,13-14H,9-12,15H2,1-3H3. The molecule has 0 aliphatic carbocycles. The number of ether oxygens (including phenoxy) is 1. The van der Waals surface area contributed by atoms with Crippen molar-refractivity contribution in [2.24, 2.45) is 0 Å². The van der Waals surface area contributed by atoms with Gasteiger partial charge in [-0.15, -0.1) is 0 Å². The molecule has 0 unspecified atom stereocenters. The van der Waals surface area contributed by atoms with E-state index in [2.05, 4.69) is 57.1 Å². The Bertz CT molecular complexity index is 928. The van der Waals surface area contributed by atoms with Crippen LogP contribution in [-0.2, 0) is 6.61 Å². The van der Waals surface area contributed by atoms with Crippen LogP contribution in [0.5, 0.6) is 5.75 Å². The number of anilines is 1. The van der Waals surface area contributed by atoms with Gasteiger partial charge in [0.2, 0.25) is 0 Å². The first-order chi connectivity index (χ1) is 13.1. The SMILES string of the molecule is Cc1cc(COc2ccc3cccc(N4CCN(C)CC4)c3c2)nc(C)n1. The van der Waals surface area contributed by atoms with Crippen molar-refractivity contribution in [1.82, 2.24) is 14.9 Å². The van der Waals surface area contributed by atoms with Crippen molar-refractivity contribution in [1.29, 1.82) is 0 Å². The van der Waals surface area contributed by atoms with Gasteiger partial charge in [-0.2, -0.15) is 0 Å². The molecule has 140 valence electrons. The largest absolute Gasteiger partial charge is 0.487 e. The van der Waals surface area contributed by atoms with E-state index in [-0.39, 0.29) is 0 Å². The molecule has 1 saturated heterocycles. The first-order valence-corrected chi connectivity index (χ1v) is 9.49. The Labute approximate surface area is 160 Å². The quantitative estimate of drug-likeness (QED) is 0.710. The van der Waals surface area contributed by atoms with Crippen molar-refractivity contribution in [3.05, 3.63) is 59.7 Å². The van der Waals surface area contributed by atoms with E-state index in [4.69, 9.17) is 4.74 Å². The summed E-state index contributed by atoms with van der Waals surface area (Å²) in [5, 5.41) is 2.49. The van der Waals surface area contributed by atoms with Crippen LogP contribution in [0.1, 0.15) is 17.2 Å². The summed E-state index contributed by atoms with van der Waals surface area (Å²) in [4.78, 5) is 13.6. The molecule has 1 aromatic heterocycles. The molecule has 2 heterocycles. The number of benzene rings is 2. The maximum absolute atomic E-state index is 6.05. The third-order valence-electron chi connectivity index (χ3n) is 5.08. The predicted molar refractivity (Wildman–Crippen MR) is 109 cm³/mol. The minimum atomic E-state index is 0.451. The summed E-state index contributed by atoms with van der Waals surface area (Å²) < 4.78 is 6.05. The van der Waals surface area contributed by atoms with Gasteiger partial charge >= 0.3 is 0 Å². The number of aromatic nitrogens is 2. The highest BCUT2D eigenvalue weighted by Gasteiger charge is 2.16. The number of piperazine rings is 1. The smallest absolute Gasteiger partial charge is 0.130 e. The van der Waals surface area contributed by atoms with Gasteiger partial charge in [-0.1, -0.05) is 18.2 Å². The summed E-state index contributed by atoms with van der Waals surface area (Å²) >= 11 is 0. The van der Waals surface area contributed by atoms with Crippen molar-refractivity contribution in [2.75, 3.05) is 38.1 Å². The van der Waals surface area contributed by atoms with Crippen molar-refractivity contribution >= 4 is 16.5 Å². The molecule has 1 aliphatic heterocycles.